The van der Waals surface area contributed by atoms with Crippen molar-refractivity contribution in [3.8, 4) is 0 Å². The summed E-state index contributed by atoms with van der Waals surface area (Å²) in [6.45, 7) is 3.53. The number of amidine groups is 1. The van der Waals surface area contributed by atoms with Gasteiger partial charge in [0.1, 0.15) is 0 Å². The summed E-state index contributed by atoms with van der Waals surface area (Å²) in [7, 11) is 0. The highest BCUT2D eigenvalue weighted by molar-refractivity contribution is 5.96. The summed E-state index contributed by atoms with van der Waals surface area (Å²) in [5, 5.41) is 11.4. The fraction of sp³-hybridized carbons (Fsp3) is 0.417. The van der Waals surface area contributed by atoms with Gasteiger partial charge in [-0.15, -0.1) is 0 Å². The van der Waals surface area contributed by atoms with Gasteiger partial charge in [-0.25, -0.2) is 0 Å². The minimum Gasteiger partial charge on any atom is -0.409 e. The molecule has 0 heterocycles. The molecule has 0 fully saturated rings. The van der Waals surface area contributed by atoms with Crippen molar-refractivity contribution in [2.24, 2.45) is 10.9 Å². The van der Waals surface area contributed by atoms with Gasteiger partial charge in [0.15, 0.2) is 5.84 Å². The molecule has 1 rings (SSSR count). The predicted octanol–water partition coefficient (Wildman–Crippen LogP) is 2.10. The van der Waals surface area contributed by atoms with Crippen LogP contribution < -0.4 is 5.73 Å². The number of unbranched alkanes of at least 4 members (excludes halogenated alkanes) is 1. The second-order valence-corrected chi connectivity index (χ2v) is 3.59. The number of hydrogen-bond acceptors (Lipinski definition) is 3. The first-order valence-electron chi connectivity index (χ1n) is 5.42. The van der Waals surface area contributed by atoms with Crippen molar-refractivity contribution in [2.45, 2.75) is 26.4 Å². The SMILES string of the molecule is CCCCOCc1ccc(/C(N)=N/O)cc1. The molecule has 0 amide bonds. The van der Waals surface area contributed by atoms with Gasteiger partial charge < -0.3 is 15.7 Å². The zero-order valence-corrected chi connectivity index (χ0v) is 9.52. The van der Waals surface area contributed by atoms with Gasteiger partial charge in [0, 0.05) is 12.2 Å². The molecule has 16 heavy (non-hydrogen) atoms. The van der Waals surface area contributed by atoms with E-state index in [1.165, 1.54) is 0 Å². The Labute approximate surface area is 95.7 Å². The molecule has 0 spiro atoms. The Morgan fingerprint density at radius 3 is 2.62 bits per heavy atom. The molecule has 0 aromatic heterocycles. The zero-order valence-electron chi connectivity index (χ0n) is 9.52. The average molecular weight is 222 g/mol. The van der Waals surface area contributed by atoms with Crippen LogP contribution in [0.2, 0.25) is 0 Å². The molecule has 0 aliphatic rings. The molecule has 88 valence electrons. The molecule has 0 unspecified atom stereocenters. The fourth-order valence-corrected chi connectivity index (χ4v) is 1.27. The van der Waals surface area contributed by atoms with Gasteiger partial charge in [-0.05, 0) is 12.0 Å². The van der Waals surface area contributed by atoms with Gasteiger partial charge in [-0.3, -0.25) is 0 Å². The van der Waals surface area contributed by atoms with E-state index >= 15 is 0 Å². The number of ether oxygens (including phenoxy) is 1. The van der Waals surface area contributed by atoms with E-state index in [4.69, 9.17) is 15.7 Å². The van der Waals surface area contributed by atoms with Crippen LogP contribution in [0.15, 0.2) is 29.4 Å². The highest BCUT2D eigenvalue weighted by Gasteiger charge is 1.99. The maximum absolute atomic E-state index is 8.50. The third kappa shape index (κ3) is 3.90. The molecule has 4 nitrogen and oxygen atoms in total. The van der Waals surface area contributed by atoms with Gasteiger partial charge in [0.25, 0.3) is 0 Å². The maximum atomic E-state index is 8.50. The van der Waals surface area contributed by atoms with Crippen LogP contribution in [0.3, 0.4) is 0 Å². The van der Waals surface area contributed by atoms with Crippen LogP contribution in [-0.2, 0) is 11.3 Å². The molecule has 4 heteroatoms. The standard InChI is InChI=1S/C12H18N2O2/c1-2-3-8-16-9-10-4-6-11(7-5-10)12(13)14-15/h4-7,15H,2-3,8-9H2,1H3,(H2,13,14). The van der Waals surface area contributed by atoms with E-state index in [9.17, 15) is 0 Å². The molecule has 3 N–H and O–H groups in total. The van der Waals surface area contributed by atoms with Gasteiger partial charge in [0.2, 0.25) is 0 Å². The first-order valence-corrected chi connectivity index (χ1v) is 5.42. The molecule has 0 saturated heterocycles. The number of nitrogens with zero attached hydrogens (tertiary/aromatic N) is 1. The Bertz CT molecular complexity index is 333. The van der Waals surface area contributed by atoms with Crippen molar-refractivity contribution in [3.63, 3.8) is 0 Å². The molecule has 0 saturated carbocycles. The van der Waals surface area contributed by atoms with Crippen LogP contribution in [0.4, 0.5) is 0 Å². The Morgan fingerprint density at radius 1 is 1.38 bits per heavy atom. The van der Waals surface area contributed by atoms with E-state index in [-0.39, 0.29) is 5.84 Å². The van der Waals surface area contributed by atoms with Gasteiger partial charge in [-0.1, -0.05) is 42.8 Å². The van der Waals surface area contributed by atoms with E-state index in [0.29, 0.717) is 12.2 Å². The minimum absolute atomic E-state index is 0.124. The summed E-state index contributed by atoms with van der Waals surface area (Å²) < 4.78 is 5.48. The Balaban J connectivity index is 2.45. The fourth-order valence-electron chi connectivity index (χ4n) is 1.27. The summed E-state index contributed by atoms with van der Waals surface area (Å²) >= 11 is 0. The van der Waals surface area contributed by atoms with Crippen LogP contribution in [0.5, 0.6) is 0 Å². The monoisotopic (exact) mass is 222 g/mol. The summed E-state index contributed by atoms with van der Waals surface area (Å²) in [4.78, 5) is 0. The van der Waals surface area contributed by atoms with Gasteiger partial charge >= 0.3 is 0 Å². The van der Waals surface area contributed by atoms with Crippen molar-refractivity contribution in [1.29, 1.82) is 0 Å². The van der Waals surface area contributed by atoms with Crippen molar-refractivity contribution in [2.75, 3.05) is 6.61 Å². The Morgan fingerprint density at radius 2 is 2.06 bits per heavy atom. The highest BCUT2D eigenvalue weighted by Crippen LogP contribution is 2.06. The van der Waals surface area contributed by atoms with E-state index in [2.05, 4.69) is 12.1 Å². The van der Waals surface area contributed by atoms with E-state index in [0.717, 1.165) is 25.0 Å². The van der Waals surface area contributed by atoms with E-state index in [1.54, 1.807) is 0 Å². The summed E-state index contributed by atoms with van der Waals surface area (Å²) in [6, 6.07) is 7.46. The molecule has 0 atom stereocenters. The van der Waals surface area contributed by atoms with Gasteiger partial charge in [-0.2, -0.15) is 0 Å². The highest BCUT2D eigenvalue weighted by atomic mass is 16.5. The van der Waals surface area contributed by atoms with Crippen molar-refractivity contribution < 1.29 is 9.94 Å². The average Bonchev–Trinajstić information content (AvgIpc) is 2.34. The molecule has 0 aliphatic carbocycles. The van der Waals surface area contributed by atoms with Crippen molar-refractivity contribution in [3.05, 3.63) is 35.4 Å². The molecular weight excluding hydrogens is 204 g/mol. The number of benzene rings is 1. The molecular formula is C12H18N2O2. The lowest BCUT2D eigenvalue weighted by Crippen LogP contribution is -2.12. The summed E-state index contributed by atoms with van der Waals surface area (Å²) in [5.74, 6) is 0.124. The first kappa shape index (κ1) is 12.5. The molecule has 1 aromatic carbocycles. The zero-order chi connectivity index (χ0) is 11.8. The second kappa shape index (κ2) is 6.85. The second-order valence-electron chi connectivity index (χ2n) is 3.59. The molecule has 0 bridgehead atoms. The Kier molecular flexibility index (Phi) is 5.36. The predicted molar refractivity (Wildman–Crippen MR) is 63.5 cm³/mol. The molecule has 0 radical (unpaired) electrons. The number of oxime groups is 1. The van der Waals surface area contributed by atoms with Crippen LogP contribution in [0.25, 0.3) is 0 Å². The first-order chi connectivity index (χ1) is 7.77. The summed E-state index contributed by atoms with van der Waals surface area (Å²) in [5.41, 5.74) is 7.25. The number of rotatable bonds is 6. The largest absolute Gasteiger partial charge is 0.409 e. The molecule has 0 aliphatic heterocycles. The lowest BCUT2D eigenvalue weighted by Gasteiger charge is -2.04. The van der Waals surface area contributed by atoms with Crippen molar-refractivity contribution in [1.82, 2.24) is 0 Å². The summed E-state index contributed by atoms with van der Waals surface area (Å²) in [6.07, 6.45) is 2.23. The van der Waals surface area contributed by atoms with E-state index in [1.807, 2.05) is 24.3 Å². The van der Waals surface area contributed by atoms with Crippen molar-refractivity contribution >= 4 is 5.84 Å². The lowest BCUT2D eigenvalue weighted by molar-refractivity contribution is 0.118. The number of nitrogens with two attached hydrogens (primary N) is 1. The van der Waals surface area contributed by atoms with Crippen LogP contribution in [0.1, 0.15) is 30.9 Å². The van der Waals surface area contributed by atoms with Crippen LogP contribution >= 0.6 is 0 Å². The lowest BCUT2D eigenvalue weighted by atomic mass is 10.1. The quantitative estimate of drug-likeness (QED) is 0.254. The topological polar surface area (TPSA) is 67.8 Å². The van der Waals surface area contributed by atoms with E-state index < -0.39 is 0 Å². The number of hydrogen-bond donors (Lipinski definition) is 2. The minimum atomic E-state index is 0.124. The Hall–Kier alpha value is -1.55. The smallest absolute Gasteiger partial charge is 0.170 e. The third-order valence-corrected chi connectivity index (χ3v) is 2.27. The molecule has 1 aromatic rings. The van der Waals surface area contributed by atoms with Gasteiger partial charge in [0.05, 0.1) is 6.61 Å². The third-order valence-electron chi connectivity index (χ3n) is 2.27. The normalized spacial score (nSPS) is 11.7. The van der Waals surface area contributed by atoms with Crippen LogP contribution in [-0.4, -0.2) is 17.6 Å². The van der Waals surface area contributed by atoms with Crippen LogP contribution in [0, 0.1) is 0 Å². The maximum Gasteiger partial charge on any atom is 0.170 e.